The largest absolute Gasteiger partial charge is 0.390 e. The number of hydrogen-bond donors (Lipinski definition) is 2. The number of benzene rings is 2. The summed E-state index contributed by atoms with van der Waals surface area (Å²) in [4.78, 5) is 17.8. The highest BCUT2D eigenvalue weighted by molar-refractivity contribution is 7.92. The summed E-state index contributed by atoms with van der Waals surface area (Å²) in [6.45, 7) is 5.45. The topological polar surface area (TPSA) is 105 Å². The summed E-state index contributed by atoms with van der Waals surface area (Å²) in [5.41, 5.74) is -2.31. The fraction of sp³-hybridized carbons (Fsp3) is 0.462. The summed E-state index contributed by atoms with van der Waals surface area (Å²) in [5, 5.41) is 16.3. The van der Waals surface area contributed by atoms with Gasteiger partial charge in [0.15, 0.2) is 27.3 Å². The average Bonchev–Trinajstić information content (AvgIpc) is 3.10. The van der Waals surface area contributed by atoms with E-state index in [9.17, 15) is 31.5 Å². The molecule has 0 aromatic heterocycles. The molecule has 2 aromatic rings. The number of aliphatic hydroxyl groups is 1. The van der Waals surface area contributed by atoms with E-state index in [4.69, 9.17) is 16.4 Å². The normalized spacial score (nSPS) is 25.5. The lowest BCUT2D eigenvalue weighted by atomic mass is 9.78. The third-order valence-electron chi connectivity index (χ3n) is 6.79. The Morgan fingerprint density at radius 2 is 1.71 bits per heavy atom. The van der Waals surface area contributed by atoms with Crippen molar-refractivity contribution in [2.45, 2.75) is 67.8 Å². The predicted octanol–water partition coefficient (Wildman–Crippen LogP) is 5.50. The quantitative estimate of drug-likeness (QED) is 0.270. The molecule has 2 aliphatic carbocycles. The summed E-state index contributed by atoms with van der Waals surface area (Å²) in [5.74, 6) is -6.25. The number of rotatable bonds is 6. The maximum atomic E-state index is 13.8. The lowest BCUT2D eigenvalue weighted by molar-refractivity contribution is -0.00664. The van der Waals surface area contributed by atoms with Gasteiger partial charge in [0.1, 0.15) is 11.2 Å². The van der Waals surface area contributed by atoms with Crippen LogP contribution >= 0.6 is 11.6 Å². The Morgan fingerprint density at radius 3 is 2.26 bits per heavy atom. The molecule has 7 nitrogen and oxygen atoms in total. The van der Waals surface area contributed by atoms with Gasteiger partial charge in [-0.15, -0.1) is 0 Å². The second-order valence-corrected chi connectivity index (χ2v) is 13.4. The first-order chi connectivity index (χ1) is 17.6. The standard InChI is InChI=1S/C26H28ClF3N2O5S/c1-25(2,3)37-31-13-26(34)11-15-4-5-16(12-26)23(15)38(35,36)21-8-14(6-7-18(21)27)24(33)32-17-9-19(28)22(30)20(29)10-17/h6-10,13,15-16,23,34H,4-5,11-12H2,1-3H3,(H,32,33)/b31-13+/t15-,16?,23+,26+/m0/s1. The molecule has 0 spiro atoms. The van der Waals surface area contributed by atoms with Crippen LogP contribution in [0, 0.1) is 29.3 Å². The molecule has 4 atom stereocenters. The highest BCUT2D eigenvalue weighted by Crippen LogP contribution is 2.51. The van der Waals surface area contributed by atoms with Crippen LogP contribution < -0.4 is 5.32 Å². The van der Waals surface area contributed by atoms with E-state index >= 15 is 0 Å². The van der Waals surface area contributed by atoms with Gasteiger partial charge in [-0.2, -0.15) is 0 Å². The van der Waals surface area contributed by atoms with E-state index in [1.807, 2.05) is 20.8 Å². The number of oxime groups is 1. The van der Waals surface area contributed by atoms with Crippen LogP contribution in [0.25, 0.3) is 0 Å². The molecular formula is C26H28ClF3N2O5S. The van der Waals surface area contributed by atoms with Crippen LogP contribution in [0.1, 0.15) is 56.8 Å². The molecule has 1 amide bonds. The Morgan fingerprint density at radius 1 is 1.13 bits per heavy atom. The number of nitrogens with zero attached hydrogens (tertiary/aromatic N) is 1. The fourth-order valence-electron chi connectivity index (χ4n) is 5.30. The zero-order valence-corrected chi connectivity index (χ0v) is 22.5. The summed E-state index contributed by atoms with van der Waals surface area (Å²) < 4.78 is 67.9. The van der Waals surface area contributed by atoms with Crippen molar-refractivity contribution in [1.82, 2.24) is 0 Å². The zero-order chi connectivity index (χ0) is 28.0. The van der Waals surface area contributed by atoms with E-state index in [0.717, 1.165) is 6.07 Å². The number of nitrogens with one attached hydrogen (secondary N) is 1. The fourth-order valence-corrected chi connectivity index (χ4v) is 8.15. The maximum absolute atomic E-state index is 13.8. The molecule has 2 aromatic carbocycles. The van der Waals surface area contributed by atoms with E-state index in [1.54, 1.807) is 0 Å². The van der Waals surface area contributed by atoms with Gasteiger partial charge in [-0.3, -0.25) is 4.79 Å². The first-order valence-corrected chi connectivity index (χ1v) is 14.0. The van der Waals surface area contributed by atoms with Crippen molar-refractivity contribution in [3.05, 3.63) is 58.4 Å². The van der Waals surface area contributed by atoms with Gasteiger partial charge in [-0.25, -0.2) is 21.6 Å². The first-order valence-electron chi connectivity index (χ1n) is 12.0. The average molecular weight is 573 g/mol. The third kappa shape index (κ3) is 5.84. The molecule has 12 heteroatoms. The molecule has 0 heterocycles. The molecule has 4 rings (SSSR count). The molecule has 2 saturated carbocycles. The zero-order valence-electron chi connectivity index (χ0n) is 21.0. The summed E-state index contributed by atoms with van der Waals surface area (Å²) in [6.07, 6.45) is 2.86. The summed E-state index contributed by atoms with van der Waals surface area (Å²) >= 11 is 6.27. The highest BCUT2D eigenvalue weighted by Gasteiger charge is 2.54. The van der Waals surface area contributed by atoms with E-state index < -0.39 is 49.6 Å². The van der Waals surface area contributed by atoms with E-state index in [0.29, 0.717) is 25.0 Å². The number of carbonyl (C=O) groups excluding carboxylic acids is 1. The van der Waals surface area contributed by atoms with Gasteiger partial charge in [0.05, 0.1) is 21.4 Å². The molecule has 38 heavy (non-hydrogen) atoms. The van der Waals surface area contributed by atoms with Crippen molar-refractivity contribution in [2.75, 3.05) is 5.32 Å². The molecule has 0 radical (unpaired) electrons. The number of sulfone groups is 1. The number of anilines is 1. The van der Waals surface area contributed by atoms with Crippen LogP contribution in [0.3, 0.4) is 0 Å². The summed E-state index contributed by atoms with van der Waals surface area (Å²) in [7, 11) is -4.04. The Bertz CT molecular complexity index is 1360. The molecule has 0 saturated heterocycles. The Hall–Kier alpha value is -2.63. The Labute approximate surface area is 223 Å². The number of carbonyl (C=O) groups is 1. The molecule has 2 aliphatic rings. The molecular weight excluding hydrogens is 545 g/mol. The lowest BCUT2D eigenvalue weighted by Gasteiger charge is -2.38. The van der Waals surface area contributed by atoms with Gasteiger partial charge in [-0.1, -0.05) is 16.8 Å². The maximum Gasteiger partial charge on any atom is 0.255 e. The van der Waals surface area contributed by atoms with E-state index in [-0.39, 0.29) is 45.8 Å². The second kappa shape index (κ2) is 10.2. The van der Waals surface area contributed by atoms with E-state index in [2.05, 4.69) is 10.5 Å². The third-order valence-corrected chi connectivity index (χ3v) is 9.67. The van der Waals surface area contributed by atoms with Gasteiger partial charge in [0, 0.05) is 23.4 Å². The van der Waals surface area contributed by atoms with Crippen LogP contribution in [-0.2, 0) is 14.7 Å². The van der Waals surface area contributed by atoms with Crippen molar-refractivity contribution in [3.8, 4) is 0 Å². The molecule has 2 N–H and O–H groups in total. The Balaban J connectivity index is 1.57. The van der Waals surface area contributed by atoms with Gasteiger partial charge in [0.2, 0.25) is 0 Å². The van der Waals surface area contributed by atoms with E-state index in [1.165, 1.54) is 18.3 Å². The molecule has 2 bridgehead atoms. The second-order valence-electron chi connectivity index (χ2n) is 10.9. The summed E-state index contributed by atoms with van der Waals surface area (Å²) in [6, 6.07) is 4.86. The minimum atomic E-state index is -4.04. The van der Waals surface area contributed by atoms with Crippen molar-refractivity contribution in [1.29, 1.82) is 0 Å². The van der Waals surface area contributed by atoms with Gasteiger partial charge >= 0.3 is 0 Å². The SMILES string of the molecule is CC(C)(C)O/N=C/[C@]1(O)CC2CC[C@@H](C1)[C@H]2S(=O)(=O)c1cc(C(=O)Nc2cc(F)c(F)c(F)c2)ccc1Cl. The van der Waals surface area contributed by atoms with Crippen molar-refractivity contribution in [3.63, 3.8) is 0 Å². The van der Waals surface area contributed by atoms with Gasteiger partial charge < -0.3 is 15.3 Å². The number of halogens is 4. The van der Waals surface area contributed by atoms with Crippen LogP contribution in [0.5, 0.6) is 0 Å². The number of amides is 1. The van der Waals surface area contributed by atoms with Crippen LogP contribution in [-0.4, -0.2) is 42.1 Å². The Kier molecular flexibility index (Phi) is 7.59. The number of hydrogen-bond acceptors (Lipinski definition) is 6. The predicted molar refractivity (Wildman–Crippen MR) is 136 cm³/mol. The molecule has 1 unspecified atom stereocenters. The molecule has 206 valence electrons. The van der Waals surface area contributed by atoms with Gasteiger partial charge in [-0.05, 0) is 76.5 Å². The van der Waals surface area contributed by atoms with Crippen LogP contribution in [0.4, 0.5) is 18.9 Å². The van der Waals surface area contributed by atoms with Gasteiger partial charge in [0.25, 0.3) is 5.91 Å². The molecule has 2 fully saturated rings. The lowest BCUT2D eigenvalue weighted by Crippen LogP contribution is -2.47. The minimum Gasteiger partial charge on any atom is -0.390 e. The van der Waals surface area contributed by atoms with Crippen molar-refractivity contribution in [2.24, 2.45) is 17.0 Å². The number of fused-ring (bicyclic) bond motifs is 2. The van der Waals surface area contributed by atoms with Crippen LogP contribution in [0.15, 0.2) is 40.4 Å². The smallest absolute Gasteiger partial charge is 0.255 e. The highest BCUT2D eigenvalue weighted by atomic mass is 35.5. The van der Waals surface area contributed by atoms with Crippen LogP contribution in [0.2, 0.25) is 5.02 Å². The van der Waals surface area contributed by atoms with Crippen molar-refractivity contribution >= 4 is 39.2 Å². The minimum absolute atomic E-state index is 0.0826. The molecule has 0 aliphatic heterocycles. The van der Waals surface area contributed by atoms with Crippen molar-refractivity contribution < 1.29 is 36.3 Å². The monoisotopic (exact) mass is 572 g/mol. The first kappa shape index (κ1) is 28.4.